The van der Waals surface area contributed by atoms with Crippen LogP contribution >= 0.6 is 0 Å². The van der Waals surface area contributed by atoms with Crippen molar-refractivity contribution in [3.63, 3.8) is 0 Å². The minimum atomic E-state index is 0.307. The van der Waals surface area contributed by atoms with Gasteiger partial charge in [-0.3, -0.25) is 0 Å². The molecule has 2 aromatic rings. The summed E-state index contributed by atoms with van der Waals surface area (Å²) in [6, 6.07) is 6.92. The average molecular weight is 258 g/mol. The third-order valence-electron chi connectivity index (χ3n) is 3.63. The first-order valence-corrected chi connectivity index (χ1v) is 6.79. The van der Waals surface area contributed by atoms with Gasteiger partial charge in [-0.25, -0.2) is 0 Å². The Balaban J connectivity index is 2.01. The van der Waals surface area contributed by atoms with Crippen molar-refractivity contribution >= 4 is 0 Å². The average Bonchev–Trinajstić information content (AvgIpc) is 2.86. The van der Waals surface area contributed by atoms with Crippen LogP contribution in [0.25, 0.3) is 0 Å². The van der Waals surface area contributed by atoms with E-state index in [1.807, 2.05) is 0 Å². The molecule has 4 nitrogen and oxygen atoms in total. The molecule has 0 saturated carbocycles. The molecule has 0 bridgehead atoms. The number of nitrogens with one attached hydrogen (secondary N) is 1. The smallest absolute Gasteiger partial charge is 0.146 e. The van der Waals surface area contributed by atoms with E-state index in [0.29, 0.717) is 6.04 Å². The molecule has 4 heteroatoms. The SMILES string of the molecule is CCn1cnnc1CN[C@H](C)c1ccc(C)c(C)c1. The molecule has 0 radical (unpaired) electrons. The zero-order chi connectivity index (χ0) is 13.8. The highest BCUT2D eigenvalue weighted by molar-refractivity contribution is 5.31. The third-order valence-corrected chi connectivity index (χ3v) is 3.63. The molecule has 0 fully saturated rings. The van der Waals surface area contributed by atoms with E-state index in [9.17, 15) is 0 Å². The summed E-state index contributed by atoms with van der Waals surface area (Å²) in [7, 11) is 0. The Labute approximate surface area is 114 Å². The molecule has 0 saturated heterocycles. The van der Waals surface area contributed by atoms with Crippen LogP contribution in [0.5, 0.6) is 0 Å². The fourth-order valence-electron chi connectivity index (χ4n) is 2.08. The minimum absolute atomic E-state index is 0.307. The molecule has 0 aliphatic rings. The lowest BCUT2D eigenvalue weighted by Crippen LogP contribution is -2.20. The van der Waals surface area contributed by atoms with Gasteiger partial charge < -0.3 is 9.88 Å². The number of rotatable bonds is 5. The van der Waals surface area contributed by atoms with E-state index >= 15 is 0 Å². The molecule has 0 aliphatic heterocycles. The second-order valence-electron chi connectivity index (χ2n) is 4.98. The zero-order valence-corrected chi connectivity index (χ0v) is 12.1. The Hall–Kier alpha value is -1.68. The summed E-state index contributed by atoms with van der Waals surface area (Å²) in [4.78, 5) is 0. The van der Waals surface area contributed by atoms with Crippen LogP contribution in [0.1, 0.15) is 42.4 Å². The van der Waals surface area contributed by atoms with Gasteiger partial charge in [-0.2, -0.15) is 0 Å². The first kappa shape index (κ1) is 13.7. The molecular formula is C15H22N4. The molecule has 0 spiro atoms. The largest absolute Gasteiger partial charge is 0.317 e. The molecule has 19 heavy (non-hydrogen) atoms. The highest BCUT2D eigenvalue weighted by Crippen LogP contribution is 2.17. The summed E-state index contributed by atoms with van der Waals surface area (Å²) in [5.74, 6) is 0.984. The summed E-state index contributed by atoms with van der Waals surface area (Å²) in [5, 5.41) is 11.6. The van der Waals surface area contributed by atoms with Gasteiger partial charge in [0.15, 0.2) is 0 Å². The van der Waals surface area contributed by atoms with Crippen LogP contribution in [0.2, 0.25) is 0 Å². The monoisotopic (exact) mass is 258 g/mol. The maximum Gasteiger partial charge on any atom is 0.146 e. The molecule has 2 rings (SSSR count). The highest BCUT2D eigenvalue weighted by Gasteiger charge is 2.08. The van der Waals surface area contributed by atoms with E-state index in [1.165, 1.54) is 16.7 Å². The summed E-state index contributed by atoms with van der Waals surface area (Å²) in [6.07, 6.45) is 1.78. The van der Waals surface area contributed by atoms with E-state index in [-0.39, 0.29) is 0 Å². The Morgan fingerprint density at radius 3 is 2.74 bits per heavy atom. The predicted molar refractivity (Wildman–Crippen MR) is 76.9 cm³/mol. The molecule has 1 atom stereocenters. The summed E-state index contributed by atoms with van der Waals surface area (Å²) < 4.78 is 2.06. The van der Waals surface area contributed by atoms with E-state index in [4.69, 9.17) is 0 Å². The van der Waals surface area contributed by atoms with Crippen molar-refractivity contribution in [2.45, 2.75) is 46.8 Å². The van der Waals surface area contributed by atoms with Crippen LogP contribution in [0, 0.1) is 13.8 Å². The Morgan fingerprint density at radius 1 is 1.26 bits per heavy atom. The van der Waals surface area contributed by atoms with Crippen molar-refractivity contribution in [2.75, 3.05) is 0 Å². The standard InChI is InChI=1S/C15H22N4/c1-5-19-10-17-18-15(19)9-16-13(4)14-7-6-11(2)12(3)8-14/h6-8,10,13,16H,5,9H2,1-4H3/t13-/m1/s1. The van der Waals surface area contributed by atoms with Gasteiger partial charge in [0.05, 0.1) is 6.54 Å². The fourth-order valence-corrected chi connectivity index (χ4v) is 2.08. The van der Waals surface area contributed by atoms with Gasteiger partial charge in [-0.05, 0) is 44.4 Å². The third kappa shape index (κ3) is 3.20. The lowest BCUT2D eigenvalue weighted by atomic mass is 10.0. The van der Waals surface area contributed by atoms with Gasteiger partial charge in [0.1, 0.15) is 12.2 Å². The summed E-state index contributed by atoms with van der Waals surface area (Å²) in [6.45, 7) is 10.2. The lowest BCUT2D eigenvalue weighted by Gasteiger charge is -2.15. The van der Waals surface area contributed by atoms with Crippen molar-refractivity contribution in [1.29, 1.82) is 0 Å². The van der Waals surface area contributed by atoms with Crippen molar-refractivity contribution in [3.05, 3.63) is 47.0 Å². The molecule has 102 valence electrons. The van der Waals surface area contributed by atoms with Gasteiger partial charge in [-0.1, -0.05) is 18.2 Å². The van der Waals surface area contributed by atoms with Crippen molar-refractivity contribution in [1.82, 2.24) is 20.1 Å². The minimum Gasteiger partial charge on any atom is -0.317 e. The predicted octanol–water partition coefficient (Wildman–Crippen LogP) is 2.77. The van der Waals surface area contributed by atoms with Gasteiger partial charge in [0, 0.05) is 12.6 Å². The second kappa shape index (κ2) is 5.97. The van der Waals surface area contributed by atoms with Gasteiger partial charge in [-0.15, -0.1) is 10.2 Å². The maximum absolute atomic E-state index is 4.13. The normalized spacial score (nSPS) is 12.6. The molecule has 0 aliphatic carbocycles. The van der Waals surface area contributed by atoms with E-state index in [0.717, 1.165) is 18.9 Å². The fraction of sp³-hybridized carbons (Fsp3) is 0.467. The van der Waals surface area contributed by atoms with Crippen molar-refractivity contribution < 1.29 is 0 Å². The second-order valence-corrected chi connectivity index (χ2v) is 4.98. The van der Waals surface area contributed by atoms with Crippen LogP contribution in [-0.4, -0.2) is 14.8 Å². The van der Waals surface area contributed by atoms with E-state index in [2.05, 4.69) is 66.0 Å². The first-order valence-electron chi connectivity index (χ1n) is 6.79. The van der Waals surface area contributed by atoms with Crippen LogP contribution in [0.4, 0.5) is 0 Å². The molecule has 1 N–H and O–H groups in total. The van der Waals surface area contributed by atoms with Gasteiger partial charge in [0.25, 0.3) is 0 Å². The number of hydrogen-bond donors (Lipinski definition) is 1. The number of hydrogen-bond acceptors (Lipinski definition) is 3. The van der Waals surface area contributed by atoms with Crippen LogP contribution < -0.4 is 5.32 Å². The number of nitrogens with zero attached hydrogens (tertiary/aromatic N) is 3. The molecule has 1 aromatic heterocycles. The molecule has 0 unspecified atom stereocenters. The Kier molecular flexibility index (Phi) is 4.32. The Morgan fingerprint density at radius 2 is 2.05 bits per heavy atom. The van der Waals surface area contributed by atoms with E-state index in [1.54, 1.807) is 6.33 Å². The first-order chi connectivity index (χ1) is 9.11. The maximum atomic E-state index is 4.13. The summed E-state index contributed by atoms with van der Waals surface area (Å²) in [5.41, 5.74) is 3.98. The van der Waals surface area contributed by atoms with Crippen molar-refractivity contribution in [3.8, 4) is 0 Å². The van der Waals surface area contributed by atoms with Crippen LogP contribution in [0.15, 0.2) is 24.5 Å². The Bertz CT molecular complexity index is 545. The summed E-state index contributed by atoms with van der Waals surface area (Å²) >= 11 is 0. The van der Waals surface area contributed by atoms with Crippen LogP contribution in [0.3, 0.4) is 0 Å². The van der Waals surface area contributed by atoms with Crippen molar-refractivity contribution in [2.24, 2.45) is 0 Å². The lowest BCUT2D eigenvalue weighted by molar-refractivity contribution is 0.539. The molecule has 1 heterocycles. The number of aromatic nitrogens is 3. The van der Waals surface area contributed by atoms with Crippen LogP contribution in [-0.2, 0) is 13.1 Å². The molecule has 0 amide bonds. The molecule has 1 aromatic carbocycles. The molecular weight excluding hydrogens is 236 g/mol. The number of benzene rings is 1. The van der Waals surface area contributed by atoms with Gasteiger partial charge >= 0.3 is 0 Å². The highest BCUT2D eigenvalue weighted by atomic mass is 15.3. The number of aryl methyl sites for hydroxylation is 3. The van der Waals surface area contributed by atoms with E-state index < -0.39 is 0 Å². The zero-order valence-electron chi connectivity index (χ0n) is 12.1. The van der Waals surface area contributed by atoms with Gasteiger partial charge in [0.2, 0.25) is 0 Å². The quantitative estimate of drug-likeness (QED) is 0.896. The topological polar surface area (TPSA) is 42.7 Å².